The van der Waals surface area contributed by atoms with Crippen LogP contribution in [0.4, 0.5) is 4.79 Å². The van der Waals surface area contributed by atoms with Crippen molar-refractivity contribution < 1.29 is 9.53 Å². The number of unbranched alkanes of at least 4 members (excludes halogenated alkanes) is 1. The molecule has 0 spiro atoms. The van der Waals surface area contributed by atoms with Crippen LogP contribution in [0.25, 0.3) is 0 Å². The number of piperidine rings is 1. The lowest BCUT2D eigenvalue weighted by Crippen LogP contribution is -2.45. The molecule has 1 amide bonds. The number of hydrogen-bond donors (Lipinski definition) is 1. The molecule has 1 rings (SSSR count). The largest absolute Gasteiger partial charge is 0.450 e. The molecule has 1 aliphatic rings. The monoisotopic (exact) mass is 299 g/mol. The fourth-order valence-electron chi connectivity index (χ4n) is 2.53. The number of carbonyl (C=O) groups is 1. The summed E-state index contributed by atoms with van der Waals surface area (Å²) >= 11 is 0. The molecule has 0 aromatic carbocycles. The van der Waals surface area contributed by atoms with E-state index in [9.17, 15) is 4.79 Å². The third-order valence-electron chi connectivity index (χ3n) is 4.27. The molecule has 21 heavy (non-hydrogen) atoms. The Bertz CT molecular complexity index is 289. The Morgan fingerprint density at radius 3 is 2.57 bits per heavy atom. The Balaban J connectivity index is 2.04. The lowest BCUT2D eigenvalue weighted by atomic mass is 10.1. The standard InChI is InChI=1S/C16H33N3O2/c1-5-21-16(20)19-12-8-15(9-13-19)17-10-6-7-11-18(4)14(2)3/h14-15,17H,5-13H2,1-4H3. The van der Waals surface area contributed by atoms with Gasteiger partial charge in [-0.1, -0.05) is 0 Å². The Morgan fingerprint density at radius 2 is 2.00 bits per heavy atom. The highest BCUT2D eigenvalue weighted by Gasteiger charge is 2.22. The third-order valence-corrected chi connectivity index (χ3v) is 4.27. The van der Waals surface area contributed by atoms with Crippen LogP contribution in [0.2, 0.25) is 0 Å². The van der Waals surface area contributed by atoms with Crippen LogP contribution in [0.5, 0.6) is 0 Å². The van der Waals surface area contributed by atoms with E-state index in [0.717, 1.165) is 32.5 Å². The lowest BCUT2D eigenvalue weighted by Gasteiger charge is -2.31. The van der Waals surface area contributed by atoms with E-state index in [1.807, 2.05) is 11.8 Å². The maximum atomic E-state index is 11.6. The van der Waals surface area contributed by atoms with Gasteiger partial charge in [0.05, 0.1) is 6.61 Å². The zero-order chi connectivity index (χ0) is 15.7. The van der Waals surface area contributed by atoms with Gasteiger partial charge in [-0.15, -0.1) is 0 Å². The number of ether oxygens (including phenoxy) is 1. The summed E-state index contributed by atoms with van der Waals surface area (Å²) in [5.74, 6) is 0. The molecule has 124 valence electrons. The van der Waals surface area contributed by atoms with Crippen molar-refractivity contribution in [2.45, 2.75) is 58.5 Å². The molecule has 1 saturated heterocycles. The summed E-state index contributed by atoms with van der Waals surface area (Å²) < 4.78 is 5.03. The molecule has 0 saturated carbocycles. The third kappa shape index (κ3) is 7.14. The molecule has 1 fully saturated rings. The van der Waals surface area contributed by atoms with Gasteiger partial charge in [0.1, 0.15) is 0 Å². The minimum Gasteiger partial charge on any atom is -0.450 e. The van der Waals surface area contributed by atoms with Crippen molar-refractivity contribution in [3.8, 4) is 0 Å². The van der Waals surface area contributed by atoms with Crippen molar-refractivity contribution in [1.82, 2.24) is 15.1 Å². The molecule has 1 aliphatic heterocycles. The fourth-order valence-corrected chi connectivity index (χ4v) is 2.53. The molecule has 0 aromatic rings. The van der Waals surface area contributed by atoms with Crippen LogP contribution in [-0.2, 0) is 4.74 Å². The molecule has 5 nitrogen and oxygen atoms in total. The zero-order valence-corrected chi connectivity index (χ0v) is 14.2. The van der Waals surface area contributed by atoms with Crippen molar-refractivity contribution in [3.63, 3.8) is 0 Å². The second kappa shape index (κ2) is 10.0. The predicted octanol–water partition coefficient (Wildman–Crippen LogP) is 2.32. The van der Waals surface area contributed by atoms with Crippen molar-refractivity contribution in [2.24, 2.45) is 0 Å². The number of carbonyl (C=O) groups excluding carboxylic acids is 1. The first-order chi connectivity index (χ1) is 10.0. The summed E-state index contributed by atoms with van der Waals surface area (Å²) in [4.78, 5) is 15.8. The van der Waals surface area contributed by atoms with Crippen LogP contribution in [0.1, 0.15) is 46.5 Å². The number of likely N-dealkylation sites (tertiary alicyclic amines) is 1. The van der Waals surface area contributed by atoms with Crippen molar-refractivity contribution >= 4 is 6.09 Å². The Morgan fingerprint density at radius 1 is 1.33 bits per heavy atom. The van der Waals surface area contributed by atoms with Crippen LogP contribution in [0.3, 0.4) is 0 Å². The van der Waals surface area contributed by atoms with Gasteiger partial charge in [-0.05, 0) is 66.6 Å². The fraction of sp³-hybridized carbons (Fsp3) is 0.938. The van der Waals surface area contributed by atoms with Gasteiger partial charge in [-0.3, -0.25) is 0 Å². The molecule has 0 atom stereocenters. The SMILES string of the molecule is CCOC(=O)N1CCC(NCCCCN(C)C(C)C)CC1. The molecule has 0 aromatic heterocycles. The van der Waals surface area contributed by atoms with Gasteiger partial charge in [0.15, 0.2) is 0 Å². The topological polar surface area (TPSA) is 44.8 Å². The van der Waals surface area contributed by atoms with Crippen LogP contribution in [-0.4, -0.2) is 67.8 Å². The molecule has 1 N–H and O–H groups in total. The normalized spacial score (nSPS) is 16.8. The Labute approximate surface area is 130 Å². The van der Waals surface area contributed by atoms with Gasteiger partial charge < -0.3 is 19.9 Å². The lowest BCUT2D eigenvalue weighted by molar-refractivity contribution is 0.0951. The summed E-state index contributed by atoms with van der Waals surface area (Å²) in [7, 11) is 2.18. The summed E-state index contributed by atoms with van der Waals surface area (Å²) in [5, 5.41) is 3.62. The van der Waals surface area contributed by atoms with Crippen molar-refractivity contribution in [3.05, 3.63) is 0 Å². The quantitative estimate of drug-likeness (QED) is 0.699. The summed E-state index contributed by atoms with van der Waals surface area (Å²) in [6.45, 7) is 10.6. The highest BCUT2D eigenvalue weighted by molar-refractivity contribution is 5.67. The van der Waals surface area contributed by atoms with Gasteiger partial charge in [-0.25, -0.2) is 4.79 Å². The van der Waals surface area contributed by atoms with E-state index in [1.54, 1.807) is 0 Å². The van der Waals surface area contributed by atoms with Crippen molar-refractivity contribution in [2.75, 3.05) is 39.8 Å². The predicted molar refractivity (Wildman–Crippen MR) is 86.6 cm³/mol. The molecule has 5 heteroatoms. The van der Waals surface area contributed by atoms with Gasteiger partial charge in [-0.2, -0.15) is 0 Å². The number of hydrogen-bond acceptors (Lipinski definition) is 4. The molecule has 0 radical (unpaired) electrons. The summed E-state index contributed by atoms with van der Waals surface area (Å²) in [5.41, 5.74) is 0. The van der Waals surface area contributed by atoms with E-state index in [0.29, 0.717) is 18.7 Å². The van der Waals surface area contributed by atoms with Gasteiger partial charge in [0, 0.05) is 25.2 Å². The Kier molecular flexibility index (Phi) is 8.69. The minimum absolute atomic E-state index is 0.160. The zero-order valence-electron chi connectivity index (χ0n) is 14.2. The van der Waals surface area contributed by atoms with E-state index in [4.69, 9.17) is 4.74 Å². The smallest absolute Gasteiger partial charge is 0.409 e. The van der Waals surface area contributed by atoms with Gasteiger partial charge in [0.2, 0.25) is 0 Å². The highest BCUT2D eigenvalue weighted by atomic mass is 16.6. The average Bonchev–Trinajstić information content (AvgIpc) is 2.47. The van der Waals surface area contributed by atoms with Crippen LogP contribution in [0.15, 0.2) is 0 Å². The second-order valence-electron chi connectivity index (χ2n) is 6.20. The van der Waals surface area contributed by atoms with Crippen LogP contribution in [0, 0.1) is 0 Å². The molecule has 0 unspecified atom stereocenters. The van der Waals surface area contributed by atoms with Crippen molar-refractivity contribution in [1.29, 1.82) is 0 Å². The average molecular weight is 299 g/mol. The molecule has 0 bridgehead atoms. The van der Waals surface area contributed by atoms with Crippen LogP contribution >= 0.6 is 0 Å². The minimum atomic E-state index is -0.160. The molecular weight excluding hydrogens is 266 g/mol. The first kappa shape index (κ1) is 18.2. The number of rotatable bonds is 8. The van der Waals surface area contributed by atoms with E-state index in [-0.39, 0.29) is 6.09 Å². The van der Waals surface area contributed by atoms with Crippen LogP contribution < -0.4 is 5.32 Å². The van der Waals surface area contributed by atoms with Gasteiger partial charge >= 0.3 is 6.09 Å². The van der Waals surface area contributed by atoms with E-state index >= 15 is 0 Å². The number of nitrogens with one attached hydrogen (secondary N) is 1. The summed E-state index contributed by atoms with van der Waals surface area (Å²) in [6.07, 6.45) is 4.36. The molecule has 1 heterocycles. The maximum absolute atomic E-state index is 11.6. The maximum Gasteiger partial charge on any atom is 0.409 e. The van der Waals surface area contributed by atoms with E-state index in [2.05, 4.69) is 31.1 Å². The molecule has 0 aliphatic carbocycles. The molecular formula is C16H33N3O2. The summed E-state index contributed by atoms with van der Waals surface area (Å²) in [6, 6.07) is 1.18. The first-order valence-corrected chi connectivity index (χ1v) is 8.40. The number of nitrogens with zero attached hydrogens (tertiary/aromatic N) is 2. The first-order valence-electron chi connectivity index (χ1n) is 8.40. The van der Waals surface area contributed by atoms with Gasteiger partial charge in [0.25, 0.3) is 0 Å². The van der Waals surface area contributed by atoms with E-state index < -0.39 is 0 Å². The second-order valence-corrected chi connectivity index (χ2v) is 6.20. The highest BCUT2D eigenvalue weighted by Crippen LogP contribution is 2.11. The number of amides is 1. The van der Waals surface area contributed by atoms with E-state index in [1.165, 1.54) is 19.4 Å². The Hall–Kier alpha value is -0.810.